The van der Waals surface area contributed by atoms with E-state index in [1.165, 1.54) is 0 Å². The molecule has 10 nitrogen and oxygen atoms in total. The van der Waals surface area contributed by atoms with Gasteiger partial charge in [0.25, 0.3) is 0 Å². The highest BCUT2D eigenvalue weighted by Gasteiger charge is 2.33. The molecule has 0 N–H and O–H groups in total. The van der Waals surface area contributed by atoms with Crippen LogP contribution in [-0.2, 0) is 4.79 Å². The van der Waals surface area contributed by atoms with Gasteiger partial charge in [0.2, 0.25) is 11.9 Å². The van der Waals surface area contributed by atoms with Gasteiger partial charge in [0.05, 0.1) is 32.5 Å². The summed E-state index contributed by atoms with van der Waals surface area (Å²) in [5.74, 6) is 2.40. The average molecular weight is 478 g/mol. The smallest absolute Gasteiger partial charge is 0.250 e. The number of para-hydroxylation sites is 1. The summed E-state index contributed by atoms with van der Waals surface area (Å²) in [7, 11) is 3.30. The molecule has 1 unspecified atom stereocenters. The summed E-state index contributed by atoms with van der Waals surface area (Å²) in [4.78, 5) is 19.7. The molecule has 0 saturated carbocycles. The summed E-state index contributed by atoms with van der Waals surface area (Å²) in [5.41, 5.74) is 1.97. The maximum Gasteiger partial charge on any atom is 0.250 e. The second-order valence-corrected chi connectivity index (χ2v) is 8.84. The van der Waals surface area contributed by atoms with Crippen LogP contribution in [0.4, 0.5) is 5.95 Å². The number of benzene rings is 2. The van der Waals surface area contributed by atoms with Gasteiger partial charge in [-0.1, -0.05) is 23.3 Å². The Bertz CT molecular complexity index is 1140. The first-order valence-electron chi connectivity index (χ1n) is 12.0. The number of tetrazole rings is 1. The summed E-state index contributed by atoms with van der Waals surface area (Å²) in [5, 5.41) is 12.3. The number of aromatic nitrogens is 4. The lowest BCUT2D eigenvalue weighted by Gasteiger charge is -2.36. The number of nitrogens with zero attached hydrogens (tertiary/aromatic N) is 7. The Morgan fingerprint density at radius 3 is 2.54 bits per heavy atom. The lowest BCUT2D eigenvalue weighted by molar-refractivity contribution is -0.133. The predicted octanol–water partition coefficient (Wildman–Crippen LogP) is 2.17. The summed E-state index contributed by atoms with van der Waals surface area (Å²) < 4.78 is 12.7. The van der Waals surface area contributed by atoms with Gasteiger partial charge in [0, 0.05) is 44.4 Å². The normalized spacial score (nSPS) is 18.6. The van der Waals surface area contributed by atoms with Crippen LogP contribution in [0.3, 0.4) is 0 Å². The molecule has 10 heteroatoms. The maximum absolute atomic E-state index is 13.3. The Hall–Kier alpha value is -3.66. The van der Waals surface area contributed by atoms with Gasteiger partial charge in [0.1, 0.15) is 11.5 Å². The largest absolute Gasteiger partial charge is 0.497 e. The number of anilines is 1. The molecule has 184 valence electrons. The highest BCUT2D eigenvalue weighted by atomic mass is 16.5. The van der Waals surface area contributed by atoms with Gasteiger partial charge in [-0.3, -0.25) is 9.69 Å². The Morgan fingerprint density at radius 1 is 1.00 bits per heavy atom. The van der Waals surface area contributed by atoms with E-state index < -0.39 is 0 Å². The molecule has 0 bridgehead atoms. The molecule has 35 heavy (non-hydrogen) atoms. The minimum absolute atomic E-state index is 0.0279. The van der Waals surface area contributed by atoms with Gasteiger partial charge < -0.3 is 19.3 Å². The number of piperazine rings is 1. The number of hydrogen-bond donors (Lipinski definition) is 0. The molecule has 3 aromatic rings. The number of ether oxygens (including phenoxy) is 2. The average Bonchev–Trinajstić information content (AvgIpc) is 3.60. The number of methoxy groups -OCH3 is 2. The SMILES string of the molecule is COc1ccc(C2CCCN2C(=O)CN2CCN(c3nnnn3-c3ccccc3)CC2)c(OC)c1. The van der Waals surface area contributed by atoms with Crippen molar-refractivity contribution in [1.82, 2.24) is 30.0 Å². The Balaban J connectivity index is 1.21. The minimum atomic E-state index is 0.0279. The Kier molecular flexibility index (Phi) is 6.80. The quantitative estimate of drug-likeness (QED) is 0.512. The topological polar surface area (TPSA) is 88.9 Å². The molecule has 2 aromatic carbocycles. The van der Waals surface area contributed by atoms with E-state index in [-0.39, 0.29) is 11.9 Å². The van der Waals surface area contributed by atoms with Crippen LogP contribution in [0.5, 0.6) is 11.5 Å². The van der Waals surface area contributed by atoms with Gasteiger partial charge >= 0.3 is 0 Å². The van der Waals surface area contributed by atoms with Crippen LogP contribution in [-0.4, -0.2) is 89.4 Å². The lowest BCUT2D eigenvalue weighted by Crippen LogP contribution is -2.50. The lowest BCUT2D eigenvalue weighted by atomic mass is 10.0. The fourth-order valence-corrected chi connectivity index (χ4v) is 4.99. The first kappa shape index (κ1) is 23.1. The molecule has 1 amide bonds. The van der Waals surface area contributed by atoms with Crippen LogP contribution in [0.1, 0.15) is 24.4 Å². The predicted molar refractivity (Wildman–Crippen MR) is 131 cm³/mol. The van der Waals surface area contributed by atoms with E-state index in [9.17, 15) is 4.79 Å². The van der Waals surface area contributed by atoms with E-state index >= 15 is 0 Å². The zero-order chi connectivity index (χ0) is 24.2. The highest BCUT2D eigenvalue weighted by molar-refractivity contribution is 5.79. The first-order chi connectivity index (χ1) is 17.2. The molecule has 5 rings (SSSR count). The molecule has 1 atom stereocenters. The van der Waals surface area contributed by atoms with Crippen molar-refractivity contribution >= 4 is 11.9 Å². The minimum Gasteiger partial charge on any atom is -0.497 e. The van der Waals surface area contributed by atoms with E-state index in [2.05, 4.69) is 25.3 Å². The third-order valence-corrected chi connectivity index (χ3v) is 6.84. The third kappa shape index (κ3) is 4.79. The standard InChI is InChI=1S/C25H31N7O3/c1-34-20-10-11-21(23(17-20)35-2)22-9-6-12-31(22)24(33)18-29-13-15-30(16-14-29)25-26-27-28-32(25)19-7-4-3-5-8-19/h3-5,7-8,10-11,17,22H,6,9,12-16,18H2,1-2H3. The molecule has 2 aliphatic rings. The van der Waals surface area contributed by atoms with Crippen LogP contribution < -0.4 is 14.4 Å². The number of carbonyl (C=O) groups excluding carboxylic acids is 1. The zero-order valence-electron chi connectivity index (χ0n) is 20.2. The van der Waals surface area contributed by atoms with E-state index in [0.717, 1.165) is 74.3 Å². The van der Waals surface area contributed by atoms with Crippen molar-refractivity contribution in [2.45, 2.75) is 18.9 Å². The first-order valence-corrected chi connectivity index (χ1v) is 12.0. The molecule has 2 aliphatic heterocycles. The molecule has 0 spiro atoms. The monoisotopic (exact) mass is 477 g/mol. The van der Waals surface area contributed by atoms with Crippen molar-refractivity contribution in [3.63, 3.8) is 0 Å². The second kappa shape index (κ2) is 10.3. The third-order valence-electron chi connectivity index (χ3n) is 6.84. The second-order valence-electron chi connectivity index (χ2n) is 8.84. The molecule has 3 heterocycles. The fraction of sp³-hybridized carbons (Fsp3) is 0.440. The number of rotatable bonds is 7. The fourth-order valence-electron chi connectivity index (χ4n) is 4.99. The van der Waals surface area contributed by atoms with Crippen molar-refractivity contribution in [2.24, 2.45) is 0 Å². The van der Waals surface area contributed by atoms with Gasteiger partial charge in [-0.25, -0.2) is 0 Å². The van der Waals surface area contributed by atoms with Gasteiger partial charge in [0.15, 0.2) is 0 Å². The summed E-state index contributed by atoms with van der Waals surface area (Å²) >= 11 is 0. The Morgan fingerprint density at radius 2 is 1.80 bits per heavy atom. The van der Waals surface area contributed by atoms with Crippen LogP contribution in [0, 0.1) is 0 Å². The molecular weight excluding hydrogens is 446 g/mol. The molecular formula is C25H31N7O3. The van der Waals surface area contributed by atoms with Crippen molar-refractivity contribution in [2.75, 3.05) is 58.4 Å². The van der Waals surface area contributed by atoms with Gasteiger partial charge in [-0.15, -0.1) is 0 Å². The summed E-state index contributed by atoms with van der Waals surface area (Å²) in [6.07, 6.45) is 1.92. The summed E-state index contributed by atoms with van der Waals surface area (Å²) in [6.45, 7) is 4.25. The number of likely N-dealkylation sites (tertiary alicyclic amines) is 1. The van der Waals surface area contributed by atoms with Crippen LogP contribution in [0.2, 0.25) is 0 Å². The van der Waals surface area contributed by atoms with Gasteiger partial charge in [-0.05, 0) is 47.5 Å². The van der Waals surface area contributed by atoms with Crippen molar-refractivity contribution < 1.29 is 14.3 Å². The summed E-state index contributed by atoms with van der Waals surface area (Å²) in [6, 6.07) is 15.7. The molecule has 2 fully saturated rings. The van der Waals surface area contributed by atoms with Crippen LogP contribution in [0.15, 0.2) is 48.5 Å². The van der Waals surface area contributed by atoms with Crippen LogP contribution >= 0.6 is 0 Å². The zero-order valence-corrected chi connectivity index (χ0v) is 20.2. The number of amides is 1. The van der Waals surface area contributed by atoms with E-state index in [1.54, 1.807) is 18.9 Å². The van der Waals surface area contributed by atoms with E-state index in [0.29, 0.717) is 6.54 Å². The van der Waals surface area contributed by atoms with E-state index in [1.807, 2.05) is 53.4 Å². The van der Waals surface area contributed by atoms with E-state index in [4.69, 9.17) is 9.47 Å². The van der Waals surface area contributed by atoms with Crippen molar-refractivity contribution in [3.8, 4) is 17.2 Å². The Labute approximate surface area is 205 Å². The van der Waals surface area contributed by atoms with Crippen molar-refractivity contribution in [3.05, 3.63) is 54.1 Å². The van der Waals surface area contributed by atoms with Crippen molar-refractivity contribution in [1.29, 1.82) is 0 Å². The van der Waals surface area contributed by atoms with Crippen LogP contribution in [0.25, 0.3) is 5.69 Å². The molecule has 2 saturated heterocycles. The molecule has 1 aromatic heterocycles. The van der Waals surface area contributed by atoms with Gasteiger partial charge in [-0.2, -0.15) is 4.68 Å². The molecule has 0 radical (unpaired) electrons. The number of carbonyl (C=O) groups is 1. The molecule has 0 aliphatic carbocycles. The maximum atomic E-state index is 13.3. The number of hydrogen-bond acceptors (Lipinski definition) is 8. The highest BCUT2D eigenvalue weighted by Crippen LogP contribution is 2.38.